The molecule has 4 nitrogen and oxygen atoms in total. The number of hydrogen-bond donors (Lipinski definition) is 0. The summed E-state index contributed by atoms with van der Waals surface area (Å²) < 4.78 is 19.1. The highest BCUT2D eigenvalue weighted by atomic mass is 19.1. The van der Waals surface area contributed by atoms with Gasteiger partial charge in [-0.15, -0.1) is 5.10 Å². The monoisotopic (exact) mass is 256 g/mol. The van der Waals surface area contributed by atoms with Gasteiger partial charge in [0.2, 0.25) is 5.89 Å². The number of aromatic nitrogens is 2. The number of rotatable bonds is 2. The lowest BCUT2D eigenvalue weighted by Crippen LogP contribution is -2.12. The van der Waals surface area contributed by atoms with Crippen molar-refractivity contribution < 1.29 is 8.81 Å². The lowest BCUT2D eigenvalue weighted by atomic mass is 10.2. The Bertz CT molecular complexity index is 745. The fourth-order valence-corrected chi connectivity index (χ4v) is 1.72. The minimum atomic E-state index is -0.578. The van der Waals surface area contributed by atoms with Gasteiger partial charge in [0.25, 0.3) is 0 Å². The summed E-state index contributed by atoms with van der Waals surface area (Å²) in [7, 11) is 0. The highest BCUT2D eigenvalue weighted by molar-refractivity contribution is 5.52. The van der Waals surface area contributed by atoms with E-state index in [-0.39, 0.29) is 11.7 Å². The van der Waals surface area contributed by atoms with E-state index in [9.17, 15) is 9.18 Å². The van der Waals surface area contributed by atoms with Gasteiger partial charge in [0.05, 0.1) is 5.69 Å². The first kappa shape index (κ1) is 11.4. The second-order valence-electron chi connectivity index (χ2n) is 3.93. The maximum Gasteiger partial charge on any atom is 0.442 e. The first-order valence-corrected chi connectivity index (χ1v) is 5.65. The molecular formula is C14H9FN2O2. The Hall–Kier alpha value is -2.69. The third-order valence-corrected chi connectivity index (χ3v) is 2.64. The normalized spacial score (nSPS) is 10.6. The predicted octanol–water partition coefficient (Wildman–Crippen LogP) is 2.63. The fraction of sp³-hybridized carbons (Fsp3) is 0. The summed E-state index contributed by atoms with van der Waals surface area (Å²) in [4.78, 5) is 11.7. The van der Waals surface area contributed by atoms with Crippen molar-refractivity contribution in [1.29, 1.82) is 0 Å². The van der Waals surface area contributed by atoms with E-state index in [0.29, 0.717) is 11.3 Å². The van der Waals surface area contributed by atoms with E-state index in [1.807, 2.05) is 6.07 Å². The van der Waals surface area contributed by atoms with E-state index < -0.39 is 5.76 Å². The van der Waals surface area contributed by atoms with Crippen LogP contribution >= 0.6 is 0 Å². The maximum atomic E-state index is 12.8. The highest BCUT2D eigenvalue weighted by Gasteiger charge is 2.11. The molecule has 0 radical (unpaired) electrons. The van der Waals surface area contributed by atoms with Crippen LogP contribution in [-0.4, -0.2) is 9.78 Å². The maximum absolute atomic E-state index is 12.8. The molecule has 1 heterocycles. The Balaban J connectivity index is 2.07. The summed E-state index contributed by atoms with van der Waals surface area (Å²) in [6, 6.07) is 14.5. The standard InChI is InChI=1S/C14H9FN2O2/c15-11-8-6-10(7-9-11)13-16-17(14(18)19-13)12-4-2-1-3-5-12/h1-9H. The molecule has 5 heteroatoms. The molecule has 0 aliphatic heterocycles. The fourth-order valence-electron chi connectivity index (χ4n) is 1.72. The summed E-state index contributed by atoms with van der Waals surface area (Å²) in [5.74, 6) is -0.770. The molecule has 0 saturated heterocycles. The molecule has 0 saturated carbocycles. The molecule has 0 aliphatic rings. The summed E-state index contributed by atoms with van der Waals surface area (Å²) in [6.07, 6.45) is 0. The zero-order valence-electron chi connectivity index (χ0n) is 9.79. The van der Waals surface area contributed by atoms with Crippen LogP contribution in [0.3, 0.4) is 0 Å². The van der Waals surface area contributed by atoms with Gasteiger partial charge in [0.1, 0.15) is 5.82 Å². The van der Waals surface area contributed by atoms with Crippen molar-refractivity contribution in [3.63, 3.8) is 0 Å². The average molecular weight is 256 g/mol. The molecule has 3 rings (SSSR count). The Labute approximate surface area is 107 Å². The summed E-state index contributed by atoms with van der Waals surface area (Å²) in [5.41, 5.74) is 1.16. The van der Waals surface area contributed by atoms with Gasteiger partial charge in [-0.1, -0.05) is 18.2 Å². The number of nitrogens with zero attached hydrogens (tertiary/aromatic N) is 2. The molecule has 0 amide bonds. The predicted molar refractivity (Wildman–Crippen MR) is 67.5 cm³/mol. The number of para-hydroxylation sites is 1. The molecule has 0 fully saturated rings. The molecular weight excluding hydrogens is 247 g/mol. The molecule has 1 aromatic heterocycles. The van der Waals surface area contributed by atoms with Crippen molar-refractivity contribution in [2.24, 2.45) is 0 Å². The third kappa shape index (κ3) is 2.18. The molecule has 0 bridgehead atoms. The smallest absolute Gasteiger partial charge is 0.387 e. The second kappa shape index (κ2) is 4.53. The number of halogens is 1. The first-order chi connectivity index (χ1) is 9.24. The van der Waals surface area contributed by atoms with E-state index in [1.165, 1.54) is 28.9 Å². The van der Waals surface area contributed by atoms with Crippen LogP contribution in [0.15, 0.2) is 63.8 Å². The van der Waals surface area contributed by atoms with E-state index >= 15 is 0 Å². The van der Waals surface area contributed by atoms with Crippen molar-refractivity contribution >= 4 is 0 Å². The Morgan fingerprint density at radius 2 is 1.68 bits per heavy atom. The molecule has 0 aliphatic carbocycles. The van der Waals surface area contributed by atoms with E-state index in [4.69, 9.17) is 4.42 Å². The quantitative estimate of drug-likeness (QED) is 0.708. The number of benzene rings is 2. The Morgan fingerprint density at radius 1 is 1.00 bits per heavy atom. The molecule has 2 aromatic carbocycles. The van der Waals surface area contributed by atoms with Gasteiger partial charge in [-0.2, -0.15) is 4.68 Å². The van der Waals surface area contributed by atoms with Gasteiger partial charge in [0, 0.05) is 5.56 Å². The van der Waals surface area contributed by atoms with Crippen LogP contribution in [0.2, 0.25) is 0 Å². The molecule has 0 N–H and O–H groups in total. The molecule has 94 valence electrons. The first-order valence-electron chi connectivity index (χ1n) is 5.65. The van der Waals surface area contributed by atoms with Crippen LogP contribution in [-0.2, 0) is 0 Å². The van der Waals surface area contributed by atoms with Crippen LogP contribution in [0.1, 0.15) is 0 Å². The van der Waals surface area contributed by atoms with Crippen molar-refractivity contribution in [1.82, 2.24) is 9.78 Å². The zero-order chi connectivity index (χ0) is 13.2. The highest BCUT2D eigenvalue weighted by Crippen LogP contribution is 2.16. The van der Waals surface area contributed by atoms with Crippen LogP contribution in [0, 0.1) is 5.82 Å². The van der Waals surface area contributed by atoms with E-state index in [0.717, 1.165) is 0 Å². The molecule has 3 aromatic rings. The van der Waals surface area contributed by atoms with E-state index in [1.54, 1.807) is 24.3 Å². The average Bonchev–Trinajstić information content (AvgIpc) is 2.83. The van der Waals surface area contributed by atoms with Gasteiger partial charge in [0.15, 0.2) is 0 Å². The molecule has 0 atom stereocenters. The molecule has 19 heavy (non-hydrogen) atoms. The van der Waals surface area contributed by atoms with Gasteiger partial charge in [-0.3, -0.25) is 0 Å². The molecule has 0 unspecified atom stereocenters. The summed E-state index contributed by atoms with van der Waals surface area (Å²) >= 11 is 0. The minimum Gasteiger partial charge on any atom is -0.387 e. The zero-order valence-corrected chi connectivity index (χ0v) is 9.79. The summed E-state index contributed by atoms with van der Waals surface area (Å²) in [5, 5.41) is 4.09. The second-order valence-corrected chi connectivity index (χ2v) is 3.93. The number of hydrogen-bond acceptors (Lipinski definition) is 3. The lowest BCUT2D eigenvalue weighted by Gasteiger charge is -1.96. The topological polar surface area (TPSA) is 48.0 Å². The van der Waals surface area contributed by atoms with Gasteiger partial charge in [-0.25, -0.2) is 9.18 Å². The van der Waals surface area contributed by atoms with Crippen molar-refractivity contribution in [3.05, 3.63) is 71.0 Å². The van der Waals surface area contributed by atoms with E-state index in [2.05, 4.69) is 5.10 Å². The third-order valence-electron chi connectivity index (χ3n) is 2.64. The Kier molecular flexibility index (Phi) is 2.72. The largest absolute Gasteiger partial charge is 0.442 e. The molecule has 0 spiro atoms. The minimum absolute atomic E-state index is 0.161. The van der Waals surface area contributed by atoms with Gasteiger partial charge >= 0.3 is 5.76 Å². The van der Waals surface area contributed by atoms with Crippen molar-refractivity contribution in [2.75, 3.05) is 0 Å². The van der Waals surface area contributed by atoms with Crippen LogP contribution in [0.25, 0.3) is 17.1 Å². The van der Waals surface area contributed by atoms with Gasteiger partial charge < -0.3 is 4.42 Å². The van der Waals surface area contributed by atoms with Crippen molar-refractivity contribution in [2.45, 2.75) is 0 Å². The van der Waals surface area contributed by atoms with Crippen molar-refractivity contribution in [3.8, 4) is 17.1 Å². The van der Waals surface area contributed by atoms with Crippen LogP contribution in [0.4, 0.5) is 4.39 Å². The van der Waals surface area contributed by atoms with Gasteiger partial charge in [-0.05, 0) is 36.4 Å². The lowest BCUT2D eigenvalue weighted by molar-refractivity contribution is 0.516. The Morgan fingerprint density at radius 3 is 2.37 bits per heavy atom. The SMILES string of the molecule is O=c1oc(-c2ccc(F)cc2)nn1-c1ccccc1. The van der Waals surface area contributed by atoms with Crippen LogP contribution in [0.5, 0.6) is 0 Å². The van der Waals surface area contributed by atoms with Crippen LogP contribution < -0.4 is 5.76 Å². The summed E-state index contributed by atoms with van der Waals surface area (Å²) in [6.45, 7) is 0.